The van der Waals surface area contributed by atoms with Gasteiger partial charge in [-0.1, -0.05) is 23.7 Å². The van der Waals surface area contributed by atoms with Gasteiger partial charge in [0.2, 0.25) is 0 Å². The molecular formula is C18H16ClF3N2O3. The van der Waals surface area contributed by atoms with Crippen molar-refractivity contribution in [2.45, 2.75) is 25.3 Å². The lowest BCUT2D eigenvalue weighted by Crippen LogP contribution is -2.44. The van der Waals surface area contributed by atoms with Gasteiger partial charge in [0, 0.05) is 25.0 Å². The van der Waals surface area contributed by atoms with Crippen LogP contribution in [0.25, 0.3) is 0 Å². The Kier molecular flexibility index (Phi) is 5.74. The van der Waals surface area contributed by atoms with E-state index < -0.39 is 18.0 Å². The van der Waals surface area contributed by atoms with Crippen LogP contribution in [0.15, 0.2) is 42.7 Å². The number of halogens is 4. The molecule has 0 radical (unpaired) electrons. The Labute approximate surface area is 158 Å². The van der Waals surface area contributed by atoms with Crippen molar-refractivity contribution in [3.63, 3.8) is 0 Å². The van der Waals surface area contributed by atoms with Crippen LogP contribution in [0.3, 0.4) is 0 Å². The number of alkyl halides is 3. The van der Waals surface area contributed by atoms with Gasteiger partial charge in [-0.2, -0.15) is 0 Å². The smallest absolute Gasteiger partial charge is 0.487 e. The molecule has 1 aliphatic rings. The predicted octanol–water partition coefficient (Wildman–Crippen LogP) is 4.32. The number of carbonyl (C=O) groups excluding carboxylic acids is 1. The van der Waals surface area contributed by atoms with Gasteiger partial charge in [0.25, 0.3) is 5.91 Å². The molecule has 1 aromatic heterocycles. The predicted molar refractivity (Wildman–Crippen MR) is 91.9 cm³/mol. The van der Waals surface area contributed by atoms with Gasteiger partial charge in [-0.15, -0.1) is 13.2 Å². The van der Waals surface area contributed by atoms with Crippen LogP contribution in [0.4, 0.5) is 13.2 Å². The van der Waals surface area contributed by atoms with Crippen molar-refractivity contribution in [1.82, 2.24) is 9.88 Å². The summed E-state index contributed by atoms with van der Waals surface area (Å²) < 4.78 is 47.6. The lowest BCUT2D eigenvalue weighted by atomic mass is 10.1. The molecule has 0 aliphatic carbocycles. The number of para-hydroxylation sites is 1. The molecule has 2 heterocycles. The molecule has 1 aromatic carbocycles. The van der Waals surface area contributed by atoms with Crippen molar-refractivity contribution in [1.29, 1.82) is 0 Å². The highest BCUT2D eigenvalue weighted by atomic mass is 35.5. The highest BCUT2D eigenvalue weighted by molar-refractivity contribution is 6.31. The molecule has 5 nitrogen and oxygen atoms in total. The normalized spacial score (nSPS) is 17.5. The molecule has 1 fully saturated rings. The molecule has 0 saturated carbocycles. The van der Waals surface area contributed by atoms with Crippen molar-refractivity contribution >= 4 is 17.5 Å². The Hall–Kier alpha value is -2.48. The van der Waals surface area contributed by atoms with Crippen molar-refractivity contribution in [2.24, 2.45) is 0 Å². The van der Waals surface area contributed by atoms with Gasteiger partial charge in [-0.25, -0.2) is 0 Å². The monoisotopic (exact) mass is 400 g/mol. The average molecular weight is 401 g/mol. The van der Waals surface area contributed by atoms with Gasteiger partial charge < -0.3 is 14.4 Å². The summed E-state index contributed by atoms with van der Waals surface area (Å²) in [6.07, 6.45) is -0.851. The van der Waals surface area contributed by atoms with Gasteiger partial charge in [0.15, 0.2) is 0 Å². The van der Waals surface area contributed by atoms with Gasteiger partial charge in [0.1, 0.15) is 22.6 Å². The second kappa shape index (κ2) is 8.04. The quantitative estimate of drug-likeness (QED) is 0.767. The number of likely N-dealkylation sites (tertiary alicyclic amines) is 1. The maximum atomic E-state index is 12.8. The van der Waals surface area contributed by atoms with Crippen LogP contribution in [0.2, 0.25) is 5.02 Å². The first-order chi connectivity index (χ1) is 12.8. The summed E-state index contributed by atoms with van der Waals surface area (Å²) >= 11 is 6.03. The third-order valence-electron chi connectivity index (χ3n) is 4.04. The summed E-state index contributed by atoms with van der Waals surface area (Å²) in [6.45, 7) is 0.654. The zero-order valence-electron chi connectivity index (χ0n) is 14.1. The molecular weight excluding hydrogens is 385 g/mol. The largest absolute Gasteiger partial charge is 0.573 e. The molecule has 0 spiro atoms. The second-order valence-electron chi connectivity index (χ2n) is 5.98. The summed E-state index contributed by atoms with van der Waals surface area (Å²) in [7, 11) is 0. The SMILES string of the molecule is O=C(c1ccccc1OC(F)(F)F)N1CCC[C@H](Oc2ccncc2Cl)C1. The second-order valence-corrected chi connectivity index (χ2v) is 6.39. The topological polar surface area (TPSA) is 51.7 Å². The summed E-state index contributed by atoms with van der Waals surface area (Å²) in [5.74, 6) is -0.606. The van der Waals surface area contributed by atoms with E-state index in [2.05, 4.69) is 9.72 Å². The first-order valence-electron chi connectivity index (χ1n) is 8.24. The minimum Gasteiger partial charge on any atom is -0.487 e. The number of pyridine rings is 1. The molecule has 1 saturated heterocycles. The molecule has 0 N–H and O–H groups in total. The van der Waals surface area contributed by atoms with Gasteiger partial charge in [-0.3, -0.25) is 9.78 Å². The molecule has 1 atom stereocenters. The van der Waals surface area contributed by atoms with Crippen molar-refractivity contribution in [3.05, 3.63) is 53.3 Å². The van der Waals surface area contributed by atoms with E-state index in [0.717, 1.165) is 6.07 Å². The van der Waals surface area contributed by atoms with Crippen molar-refractivity contribution in [3.8, 4) is 11.5 Å². The average Bonchev–Trinajstić information content (AvgIpc) is 2.62. The van der Waals surface area contributed by atoms with Crippen molar-refractivity contribution < 1.29 is 27.4 Å². The van der Waals surface area contributed by atoms with Crippen LogP contribution in [0.1, 0.15) is 23.2 Å². The van der Waals surface area contributed by atoms with Crippen LogP contribution in [0, 0.1) is 0 Å². The van der Waals surface area contributed by atoms with Gasteiger partial charge >= 0.3 is 6.36 Å². The highest BCUT2D eigenvalue weighted by Gasteiger charge is 2.34. The number of benzene rings is 1. The van der Waals surface area contributed by atoms with Gasteiger partial charge in [0.05, 0.1) is 12.1 Å². The Morgan fingerprint density at radius 3 is 2.74 bits per heavy atom. The molecule has 2 aromatic rings. The Bertz CT molecular complexity index is 816. The number of piperidine rings is 1. The number of hydrogen-bond donors (Lipinski definition) is 0. The molecule has 144 valence electrons. The number of aromatic nitrogens is 1. The summed E-state index contributed by atoms with van der Waals surface area (Å²) in [5, 5.41) is 0.352. The first kappa shape index (κ1) is 19.3. The minimum absolute atomic E-state index is 0.141. The fourth-order valence-electron chi connectivity index (χ4n) is 2.88. The van der Waals surface area contributed by atoms with E-state index in [4.69, 9.17) is 16.3 Å². The van der Waals surface area contributed by atoms with E-state index in [1.165, 1.54) is 35.5 Å². The fraction of sp³-hybridized carbons (Fsp3) is 0.333. The lowest BCUT2D eigenvalue weighted by Gasteiger charge is -2.33. The third kappa shape index (κ3) is 5.03. The maximum Gasteiger partial charge on any atom is 0.573 e. The molecule has 1 aliphatic heterocycles. The van der Waals surface area contributed by atoms with E-state index in [-0.39, 0.29) is 18.2 Å². The summed E-state index contributed by atoms with van der Waals surface area (Å²) in [6, 6.07) is 6.93. The number of carbonyl (C=O) groups is 1. The maximum absolute atomic E-state index is 12.8. The fourth-order valence-corrected chi connectivity index (χ4v) is 3.05. The van der Waals surface area contributed by atoms with Crippen LogP contribution in [-0.4, -0.2) is 41.3 Å². The Balaban J connectivity index is 1.73. The zero-order valence-corrected chi connectivity index (χ0v) is 14.8. The standard InChI is InChI=1S/C18H16ClF3N2O3/c19-14-10-23-8-7-16(14)26-12-4-3-9-24(11-12)17(25)13-5-1-2-6-15(13)27-18(20,21)22/h1-2,5-8,10,12H,3-4,9,11H2/t12-/m0/s1. The van der Waals surface area contributed by atoms with Crippen LogP contribution in [-0.2, 0) is 0 Å². The van der Waals surface area contributed by atoms with E-state index in [0.29, 0.717) is 30.2 Å². The number of ether oxygens (including phenoxy) is 2. The molecule has 27 heavy (non-hydrogen) atoms. The molecule has 1 amide bonds. The van der Waals surface area contributed by atoms with E-state index >= 15 is 0 Å². The molecule has 0 bridgehead atoms. The number of nitrogens with zero attached hydrogens (tertiary/aromatic N) is 2. The Morgan fingerprint density at radius 1 is 1.22 bits per heavy atom. The third-order valence-corrected chi connectivity index (χ3v) is 4.32. The van der Waals surface area contributed by atoms with Gasteiger partial charge in [-0.05, 0) is 25.0 Å². The number of amides is 1. The van der Waals surface area contributed by atoms with Crippen LogP contribution in [0.5, 0.6) is 11.5 Å². The number of rotatable bonds is 4. The highest BCUT2D eigenvalue weighted by Crippen LogP contribution is 2.29. The van der Waals surface area contributed by atoms with E-state index in [1.807, 2.05) is 0 Å². The van der Waals surface area contributed by atoms with Crippen LogP contribution < -0.4 is 9.47 Å². The van der Waals surface area contributed by atoms with Crippen LogP contribution >= 0.6 is 11.6 Å². The number of hydrogen-bond acceptors (Lipinski definition) is 4. The van der Waals surface area contributed by atoms with E-state index in [1.54, 1.807) is 6.07 Å². The molecule has 9 heteroatoms. The molecule has 0 unspecified atom stereocenters. The van der Waals surface area contributed by atoms with Crippen molar-refractivity contribution in [2.75, 3.05) is 13.1 Å². The zero-order chi connectivity index (χ0) is 19.4. The lowest BCUT2D eigenvalue weighted by molar-refractivity contribution is -0.274. The Morgan fingerprint density at radius 2 is 2.00 bits per heavy atom. The van der Waals surface area contributed by atoms with E-state index in [9.17, 15) is 18.0 Å². The molecule has 3 rings (SSSR count). The minimum atomic E-state index is -4.87. The summed E-state index contributed by atoms with van der Waals surface area (Å²) in [4.78, 5) is 18.1. The summed E-state index contributed by atoms with van der Waals surface area (Å²) in [5.41, 5.74) is -0.141. The first-order valence-corrected chi connectivity index (χ1v) is 8.61.